The summed E-state index contributed by atoms with van der Waals surface area (Å²) in [6.07, 6.45) is 2.04. The van der Waals surface area contributed by atoms with E-state index in [1.165, 1.54) is 11.1 Å². The van der Waals surface area contributed by atoms with Crippen molar-refractivity contribution in [3.8, 4) is 5.75 Å². The molecule has 2 heteroatoms. The summed E-state index contributed by atoms with van der Waals surface area (Å²) in [5, 5.41) is 0.856. The summed E-state index contributed by atoms with van der Waals surface area (Å²) in [7, 11) is 1.72. The zero-order valence-corrected chi connectivity index (χ0v) is 12.2. The van der Waals surface area contributed by atoms with Crippen molar-refractivity contribution in [2.75, 3.05) is 7.11 Å². The Bertz CT molecular complexity index is 536. The summed E-state index contributed by atoms with van der Waals surface area (Å²) in [5.41, 5.74) is 2.47. The molecule has 2 aromatic carbocycles. The van der Waals surface area contributed by atoms with Crippen molar-refractivity contribution >= 4 is 11.6 Å². The maximum atomic E-state index is 6.19. The topological polar surface area (TPSA) is 9.23 Å². The highest BCUT2D eigenvalue weighted by Gasteiger charge is 2.11. The van der Waals surface area contributed by atoms with Crippen LogP contribution >= 0.6 is 11.6 Å². The summed E-state index contributed by atoms with van der Waals surface area (Å²) in [4.78, 5) is 0. The molecule has 0 aromatic heterocycles. The van der Waals surface area contributed by atoms with Crippen LogP contribution in [0.25, 0.3) is 0 Å². The van der Waals surface area contributed by atoms with Crippen molar-refractivity contribution in [2.24, 2.45) is 0 Å². The van der Waals surface area contributed by atoms with Crippen molar-refractivity contribution in [3.63, 3.8) is 0 Å². The fourth-order valence-electron chi connectivity index (χ4n) is 2.30. The van der Waals surface area contributed by atoms with Gasteiger partial charge in [0, 0.05) is 5.02 Å². The Morgan fingerprint density at radius 2 is 1.74 bits per heavy atom. The van der Waals surface area contributed by atoms with Gasteiger partial charge in [0.15, 0.2) is 0 Å². The summed E-state index contributed by atoms with van der Waals surface area (Å²) < 4.78 is 5.42. The van der Waals surface area contributed by atoms with Crippen molar-refractivity contribution in [3.05, 3.63) is 64.7 Å². The molecule has 2 rings (SSSR count). The molecular weight excluding hydrogens is 256 g/mol. The van der Waals surface area contributed by atoms with Crippen molar-refractivity contribution in [1.82, 2.24) is 0 Å². The molecule has 19 heavy (non-hydrogen) atoms. The average Bonchev–Trinajstić information content (AvgIpc) is 2.46. The van der Waals surface area contributed by atoms with E-state index >= 15 is 0 Å². The van der Waals surface area contributed by atoms with Crippen LogP contribution in [0, 0.1) is 0 Å². The monoisotopic (exact) mass is 274 g/mol. The summed E-state index contributed by atoms with van der Waals surface area (Å²) in [6, 6.07) is 16.3. The average molecular weight is 275 g/mol. The smallest absolute Gasteiger partial charge is 0.122 e. The molecule has 0 aliphatic carbocycles. The Kier molecular flexibility index (Phi) is 4.86. The van der Waals surface area contributed by atoms with E-state index in [4.69, 9.17) is 16.3 Å². The molecule has 1 unspecified atom stereocenters. The highest BCUT2D eigenvalue weighted by molar-refractivity contribution is 6.31. The second kappa shape index (κ2) is 6.63. The third kappa shape index (κ3) is 3.51. The lowest BCUT2D eigenvalue weighted by atomic mass is 9.93. The van der Waals surface area contributed by atoms with Gasteiger partial charge < -0.3 is 4.74 Å². The molecule has 0 N–H and O–H groups in total. The van der Waals surface area contributed by atoms with Crippen LogP contribution in [0.4, 0.5) is 0 Å². The second-order valence-electron chi connectivity index (χ2n) is 4.77. The first-order valence-electron chi connectivity index (χ1n) is 6.58. The molecule has 0 aliphatic rings. The molecule has 0 saturated carbocycles. The van der Waals surface area contributed by atoms with Crippen molar-refractivity contribution in [2.45, 2.75) is 25.7 Å². The Morgan fingerprint density at radius 3 is 2.47 bits per heavy atom. The summed E-state index contributed by atoms with van der Waals surface area (Å²) in [6.45, 7) is 2.23. The van der Waals surface area contributed by atoms with E-state index < -0.39 is 0 Å². The number of ether oxygens (including phenoxy) is 1. The molecule has 0 fully saturated rings. The van der Waals surface area contributed by atoms with Crippen LogP contribution in [0.15, 0.2) is 48.5 Å². The van der Waals surface area contributed by atoms with Crippen molar-refractivity contribution in [1.29, 1.82) is 0 Å². The van der Waals surface area contributed by atoms with Crippen LogP contribution < -0.4 is 4.74 Å². The van der Waals surface area contributed by atoms with Crippen LogP contribution in [0.1, 0.15) is 30.4 Å². The minimum atomic E-state index is 0.451. The van der Waals surface area contributed by atoms with E-state index in [1.807, 2.05) is 30.3 Å². The van der Waals surface area contributed by atoms with Gasteiger partial charge in [0.25, 0.3) is 0 Å². The van der Waals surface area contributed by atoms with Gasteiger partial charge in [-0.25, -0.2) is 0 Å². The molecule has 0 bridgehead atoms. The van der Waals surface area contributed by atoms with Gasteiger partial charge in [0.1, 0.15) is 5.75 Å². The first kappa shape index (κ1) is 14.0. The molecule has 0 amide bonds. The molecule has 2 aromatic rings. The lowest BCUT2D eigenvalue weighted by Gasteiger charge is -2.15. The second-order valence-corrected chi connectivity index (χ2v) is 5.18. The number of hydrogen-bond acceptors (Lipinski definition) is 1. The number of halogens is 1. The summed E-state index contributed by atoms with van der Waals surface area (Å²) >= 11 is 6.19. The van der Waals surface area contributed by atoms with Gasteiger partial charge in [-0.1, -0.05) is 54.9 Å². The fraction of sp³-hybridized carbons (Fsp3) is 0.294. The molecule has 0 heterocycles. The normalized spacial score (nSPS) is 12.2. The zero-order chi connectivity index (χ0) is 13.7. The third-order valence-corrected chi connectivity index (χ3v) is 3.84. The maximum Gasteiger partial charge on any atom is 0.122 e. The third-order valence-electron chi connectivity index (χ3n) is 3.47. The first-order chi connectivity index (χ1) is 9.22. The van der Waals surface area contributed by atoms with E-state index in [0.29, 0.717) is 5.92 Å². The van der Waals surface area contributed by atoms with Crippen LogP contribution in [0.5, 0.6) is 5.75 Å². The highest BCUT2D eigenvalue weighted by atomic mass is 35.5. The van der Waals surface area contributed by atoms with E-state index in [9.17, 15) is 0 Å². The van der Waals surface area contributed by atoms with E-state index in [2.05, 4.69) is 25.1 Å². The highest BCUT2D eigenvalue weighted by Crippen LogP contribution is 2.30. The SMILES string of the molecule is COc1ccccc1C(C)CCc1ccccc1Cl. The van der Waals surface area contributed by atoms with Gasteiger partial charge in [0.2, 0.25) is 0 Å². The number of hydrogen-bond donors (Lipinski definition) is 0. The Morgan fingerprint density at radius 1 is 1.05 bits per heavy atom. The first-order valence-corrected chi connectivity index (χ1v) is 6.96. The number of benzene rings is 2. The van der Waals surface area contributed by atoms with Gasteiger partial charge in [-0.05, 0) is 42.0 Å². The van der Waals surface area contributed by atoms with Crippen molar-refractivity contribution < 1.29 is 4.74 Å². The minimum absolute atomic E-state index is 0.451. The Labute approximate surface area is 120 Å². The van der Waals surface area contributed by atoms with Gasteiger partial charge in [-0.15, -0.1) is 0 Å². The molecule has 1 atom stereocenters. The Hall–Kier alpha value is -1.47. The maximum absolute atomic E-state index is 6.19. The van der Waals surface area contributed by atoms with E-state index in [-0.39, 0.29) is 0 Å². The molecule has 100 valence electrons. The van der Waals surface area contributed by atoms with E-state index in [1.54, 1.807) is 7.11 Å². The minimum Gasteiger partial charge on any atom is -0.496 e. The molecule has 0 saturated heterocycles. The molecular formula is C17H19ClO. The van der Waals surface area contributed by atoms with Crippen LogP contribution in [0.2, 0.25) is 5.02 Å². The lowest BCUT2D eigenvalue weighted by molar-refractivity contribution is 0.405. The van der Waals surface area contributed by atoms with Gasteiger partial charge in [-0.2, -0.15) is 0 Å². The number of methoxy groups -OCH3 is 1. The van der Waals surface area contributed by atoms with Gasteiger partial charge >= 0.3 is 0 Å². The predicted molar refractivity (Wildman–Crippen MR) is 81.2 cm³/mol. The molecule has 0 aliphatic heterocycles. The van der Waals surface area contributed by atoms with Crippen LogP contribution in [0.3, 0.4) is 0 Å². The molecule has 0 spiro atoms. The van der Waals surface area contributed by atoms with Gasteiger partial charge in [0.05, 0.1) is 7.11 Å². The standard InChI is InChI=1S/C17H19ClO/c1-13(15-8-4-6-10-17(15)19-2)11-12-14-7-3-5-9-16(14)18/h3-10,13H,11-12H2,1-2H3. The number of para-hydroxylation sites is 1. The summed E-state index contributed by atoms with van der Waals surface area (Å²) in [5.74, 6) is 1.42. The zero-order valence-electron chi connectivity index (χ0n) is 11.4. The number of aryl methyl sites for hydroxylation is 1. The molecule has 1 nitrogen and oxygen atoms in total. The van der Waals surface area contributed by atoms with Crippen LogP contribution in [-0.2, 0) is 6.42 Å². The quantitative estimate of drug-likeness (QED) is 0.738. The Balaban J connectivity index is 2.05. The van der Waals surface area contributed by atoms with Gasteiger partial charge in [-0.3, -0.25) is 0 Å². The molecule has 0 radical (unpaired) electrons. The van der Waals surface area contributed by atoms with E-state index in [0.717, 1.165) is 23.6 Å². The lowest BCUT2D eigenvalue weighted by Crippen LogP contribution is -1.99. The fourth-order valence-corrected chi connectivity index (χ4v) is 2.53. The predicted octanol–water partition coefficient (Wildman–Crippen LogP) is 5.08. The largest absolute Gasteiger partial charge is 0.496 e. The number of rotatable bonds is 5. The van der Waals surface area contributed by atoms with Crippen LogP contribution in [-0.4, -0.2) is 7.11 Å².